The summed E-state index contributed by atoms with van der Waals surface area (Å²) in [6.45, 7) is 8.50. The number of rotatable bonds is 1. The van der Waals surface area contributed by atoms with E-state index in [4.69, 9.17) is 6.57 Å². The second-order valence-electron chi connectivity index (χ2n) is 3.84. The van der Waals surface area contributed by atoms with E-state index in [1.165, 1.54) is 0 Å². The molecule has 0 saturated carbocycles. The van der Waals surface area contributed by atoms with Gasteiger partial charge in [-0.1, -0.05) is 6.07 Å². The molecule has 15 heavy (non-hydrogen) atoms. The summed E-state index contributed by atoms with van der Waals surface area (Å²) in [6.07, 6.45) is 1.74. The maximum atomic E-state index is 11.8. The van der Waals surface area contributed by atoms with Gasteiger partial charge in [0.2, 0.25) is 6.04 Å². The number of aromatic nitrogens is 1. The van der Waals surface area contributed by atoms with Gasteiger partial charge in [-0.25, -0.2) is 6.57 Å². The summed E-state index contributed by atoms with van der Waals surface area (Å²) in [5.41, 5.74) is 0.769. The predicted molar refractivity (Wildman–Crippen MR) is 57.7 cm³/mol. The van der Waals surface area contributed by atoms with Crippen LogP contribution in [0, 0.1) is 6.57 Å². The Morgan fingerprint density at radius 3 is 3.13 bits per heavy atom. The van der Waals surface area contributed by atoms with Crippen LogP contribution in [0.25, 0.3) is 4.85 Å². The second-order valence-corrected chi connectivity index (χ2v) is 3.84. The van der Waals surface area contributed by atoms with Gasteiger partial charge >= 0.3 is 0 Å². The number of pyridine rings is 1. The summed E-state index contributed by atoms with van der Waals surface area (Å²) in [5, 5.41) is 3.16. The van der Waals surface area contributed by atoms with Crippen molar-refractivity contribution in [3.63, 3.8) is 0 Å². The van der Waals surface area contributed by atoms with Crippen molar-refractivity contribution in [1.82, 2.24) is 9.88 Å². The SMILES string of the molecule is [C-]#[N+][C@@H]1CNCC1c1cccn(C)c1=O. The van der Waals surface area contributed by atoms with Gasteiger partial charge < -0.3 is 14.7 Å². The van der Waals surface area contributed by atoms with Crippen molar-refractivity contribution in [2.75, 3.05) is 13.1 Å². The predicted octanol–water partition coefficient (Wildman–Crippen LogP) is 0.360. The fourth-order valence-corrected chi connectivity index (χ4v) is 2.02. The average molecular weight is 203 g/mol. The molecule has 0 bridgehead atoms. The fraction of sp³-hybridized carbons (Fsp3) is 0.455. The molecule has 0 amide bonds. The molecule has 1 aromatic rings. The second kappa shape index (κ2) is 3.87. The molecule has 1 aliphatic heterocycles. The highest BCUT2D eigenvalue weighted by molar-refractivity contribution is 5.22. The quantitative estimate of drug-likeness (QED) is 0.669. The van der Waals surface area contributed by atoms with Crippen molar-refractivity contribution in [2.24, 2.45) is 7.05 Å². The molecule has 1 saturated heterocycles. The van der Waals surface area contributed by atoms with Crippen LogP contribution in [0.1, 0.15) is 11.5 Å². The third-order valence-electron chi connectivity index (χ3n) is 2.90. The molecule has 1 unspecified atom stereocenters. The minimum absolute atomic E-state index is 0.0138. The molecule has 2 heterocycles. The van der Waals surface area contributed by atoms with Gasteiger partial charge in [0.15, 0.2) is 0 Å². The lowest BCUT2D eigenvalue weighted by Gasteiger charge is -2.09. The lowest BCUT2D eigenvalue weighted by Crippen LogP contribution is -2.26. The van der Waals surface area contributed by atoms with Crippen LogP contribution >= 0.6 is 0 Å². The highest BCUT2D eigenvalue weighted by Gasteiger charge is 2.34. The van der Waals surface area contributed by atoms with Crippen LogP contribution in [0.3, 0.4) is 0 Å². The highest BCUT2D eigenvalue weighted by Crippen LogP contribution is 2.22. The van der Waals surface area contributed by atoms with Crippen molar-refractivity contribution in [3.8, 4) is 0 Å². The van der Waals surface area contributed by atoms with Crippen molar-refractivity contribution >= 4 is 0 Å². The summed E-state index contributed by atoms with van der Waals surface area (Å²) in [6, 6.07) is 3.59. The van der Waals surface area contributed by atoms with Crippen molar-refractivity contribution in [2.45, 2.75) is 12.0 Å². The lowest BCUT2D eigenvalue weighted by molar-refractivity contribution is 0.697. The maximum Gasteiger partial charge on any atom is 0.254 e. The molecule has 4 nitrogen and oxygen atoms in total. The van der Waals surface area contributed by atoms with E-state index < -0.39 is 0 Å². The minimum atomic E-state index is -0.0971. The van der Waals surface area contributed by atoms with E-state index in [-0.39, 0.29) is 17.5 Å². The van der Waals surface area contributed by atoms with Crippen molar-refractivity contribution in [3.05, 3.63) is 45.7 Å². The minimum Gasteiger partial charge on any atom is -0.318 e. The van der Waals surface area contributed by atoms with E-state index >= 15 is 0 Å². The molecule has 1 aromatic heterocycles. The van der Waals surface area contributed by atoms with Gasteiger partial charge in [0, 0.05) is 25.4 Å². The Morgan fingerprint density at radius 2 is 2.40 bits per heavy atom. The molecule has 0 radical (unpaired) electrons. The Balaban J connectivity index is 2.42. The van der Waals surface area contributed by atoms with E-state index in [0.717, 1.165) is 12.1 Å². The smallest absolute Gasteiger partial charge is 0.254 e. The monoisotopic (exact) mass is 203 g/mol. The van der Waals surface area contributed by atoms with Crippen molar-refractivity contribution < 1.29 is 0 Å². The summed E-state index contributed by atoms with van der Waals surface area (Å²) >= 11 is 0. The van der Waals surface area contributed by atoms with Crippen LogP contribution in [0.15, 0.2) is 23.1 Å². The topological polar surface area (TPSA) is 38.4 Å². The summed E-state index contributed by atoms with van der Waals surface area (Å²) in [4.78, 5) is 15.4. The molecule has 4 heteroatoms. The third-order valence-corrected chi connectivity index (χ3v) is 2.90. The molecule has 1 aliphatic rings. The molecule has 1 fully saturated rings. The van der Waals surface area contributed by atoms with Gasteiger partial charge in [-0.3, -0.25) is 4.79 Å². The van der Waals surface area contributed by atoms with Gasteiger partial charge in [-0.2, -0.15) is 0 Å². The zero-order valence-electron chi connectivity index (χ0n) is 8.60. The van der Waals surface area contributed by atoms with Crippen molar-refractivity contribution in [1.29, 1.82) is 0 Å². The Morgan fingerprint density at radius 1 is 1.60 bits per heavy atom. The molecule has 0 aromatic carbocycles. The Bertz CT molecular complexity index is 458. The Hall–Kier alpha value is -1.60. The molecule has 1 N–H and O–H groups in total. The standard InChI is InChI=1S/C11H13N3O/c1-12-10-7-13-6-9(10)8-4-3-5-14(2)11(8)15/h3-5,9-10,13H,6-7H2,2H3/t9?,10-/m1/s1. The first-order valence-corrected chi connectivity index (χ1v) is 4.97. The van der Waals surface area contributed by atoms with E-state index in [1.807, 2.05) is 12.1 Å². The number of nitrogens with one attached hydrogen (secondary N) is 1. The number of aryl methyl sites for hydroxylation is 1. The molecule has 0 spiro atoms. The van der Waals surface area contributed by atoms with E-state index in [9.17, 15) is 4.79 Å². The van der Waals surface area contributed by atoms with Crippen LogP contribution in [0.4, 0.5) is 0 Å². The zero-order valence-corrected chi connectivity index (χ0v) is 8.60. The van der Waals surface area contributed by atoms with E-state index in [1.54, 1.807) is 17.8 Å². The average Bonchev–Trinajstić information content (AvgIpc) is 2.70. The molecule has 2 atom stereocenters. The first-order chi connectivity index (χ1) is 7.24. The van der Waals surface area contributed by atoms with Crippen LogP contribution in [-0.4, -0.2) is 23.7 Å². The van der Waals surface area contributed by atoms with Gasteiger partial charge in [0.05, 0.1) is 12.5 Å². The first-order valence-electron chi connectivity index (χ1n) is 4.97. The largest absolute Gasteiger partial charge is 0.318 e. The molecule has 2 rings (SSSR count). The lowest BCUT2D eigenvalue weighted by atomic mass is 9.96. The molecule has 0 aliphatic carbocycles. The zero-order chi connectivity index (χ0) is 10.8. The van der Waals surface area contributed by atoms with Crippen LogP contribution in [0.5, 0.6) is 0 Å². The fourth-order valence-electron chi connectivity index (χ4n) is 2.02. The van der Waals surface area contributed by atoms with Crippen LogP contribution in [0.2, 0.25) is 0 Å². The third kappa shape index (κ3) is 1.66. The maximum absolute atomic E-state index is 11.8. The van der Waals surface area contributed by atoms with Crippen LogP contribution in [-0.2, 0) is 7.05 Å². The summed E-state index contributed by atoms with van der Waals surface area (Å²) in [7, 11) is 1.74. The van der Waals surface area contributed by atoms with Gasteiger partial charge in [0.25, 0.3) is 5.56 Å². The molecular weight excluding hydrogens is 190 g/mol. The summed E-state index contributed by atoms with van der Waals surface area (Å²) < 4.78 is 1.56. The van der Waals surface area contributed by atoms with E-state index in [2.05, 4.69) is 10.2 Å². The first kappa shape index (κ1) is 9.94. The van der Waals surface area contributed by atoms with Gasteiger partial charge in [0.1, 0.15) is 0 Å². The van der Waals surface area contributed by atoms with Crippen LogP contribution < -0.4 is 10.9 Å². The number of hydrogen-bond donors (Lipinski definition) is 1. The molecule has 78 valence electrons. The molecular formula is C11H13N3O. The summed E-state index contributed by atoms with van der Waals surface area (Å²) in [5.74, 6) is 0.0439. The number of hydrogen-bond acceptors (Lipinski definition) is 2. The normalized spacial score (nSPS) is 25.1. The van der Waals surface area contributed by atoms with E-state index in [0.29, 0.717) is 6.54 Å². The Kier molecular flexibility index (Phi) is 2.57. The van der Waals surface area contributed by atoms with Gasteiger partial charge in [-0.05, 0) is 6.07 Å². The highest BCUT2D eigenvalue weighted by atomic mass is 16.1. The Labute approximate surface area is 88.4 Å². The number of nitrogens with zero attached hydrogens (tertiary/aromatic N) is 2. The van der Waals surface area contributed by atoms with Gasteiger partial charge in [-0.15, -0.1) is 0 Å².